The third kappa shape index (κ3) is 3.36. The number of pyridine rings is 1. The van der Waals surface area contributed by atoms with Crippen LogP contribution in [0.3, 0.4) is 0 Å². The number of methoxy groups -OCH3 is 2. The number of carbonyl (C=O) groups excluding carboxylic acids is 2. The summed E-state index contributed by atoms with van der Waals surface area (Å²) in [5.41, 5.74) is -1.42. The smallest absolute Gasteiger partial charge is 0.329 e. The molecule has 5 heterocycles. The SMILES string of the molecule is COc1cc(OC)c2c(c1Cl)O[C@@]1(C(=O)C3=C(C[C@H]1C)Nc1c(c(=O)[nH]c(=O)n1C)C3c1cc3cccc4c3n(c1=O)CC4)C2=O. The monoisotopic (exact) mass is 642 g/mol. The lowest BCUT2D eigenvalue weighted by Crippen LogP contribution is -2.58. The molecule has 0 saturated heterocycles. The van der Waals surface area contributed by atoms with E-state index >= 15 is 4.79 Å². The Bertz CT molecular complexity index is 2330. The van der Waals surface area contributed by atoms with Crippen LogP contribution in [-0.4, -0.2) is 45.5 Å². The maximum atomic E-state index is 15.1. The molecule has 3 atom stereocenters. The second-order valence-electron chi connectivity index (χ2n) is 12.1. The van der Waals surface area contributed by atoms with Gasteiger partial charge in [0, 0.05) is 42.4 Å². The third-order valence-electron chi connectivity index (χ3n) is 9.88. The number of nitrogens with zero attached hydrogens (tertiary/aromatic N) is 2. The number of Topliss-reactive ketones (excluding diaryl/α,β-unsaturated/α-hetero) is 2. The van der Waals surface area contributed by atoms with Gasteiger partial charge in [-0.25, -0.2) is 4.79 Å². The summed E-state index contributed by atoms with van der Waals surface area (Å²) in [6, 6.07) is 8.90. The lowest BCUT2D eigenvalue weighted by Gasteiger charge is -2.42. The molecule has 3 aliphatic heterocycles. The number of H-pyrrole nitrogens is 1. The van der Waals surface area contributed by atoms with Crippen molar-refractivity contribution in [3.05, 3.63) is 100 Å². The van der Waals surface area contributed by atoms with Crippen LogP contribution in [0.25, 0.3) is 10.9 Å². The van der Waals surface area contributed by atoms with Gasteiger partial charge in [-0.2, -0.15) is 0 Å². The quantitative estimate of drug-likeness (QED) is 0.321. The first-order chi connectivity index (χ1) is 22.0. The second kappa shape index (κ2) is 9.46. The highest BCUT2D eigenvalue weighted by molar-refractivity contribution is 6.36. The lowest BCUT2D eigenvalue weighted by molar-refractivity contribution is -0.130. The van der Waals surface area contributed by atoms with Crippen LogP contribution >= 0.6 is 11.6 Å². The van der Waals surface area contributed by atoms with Crippen LogP contribution in [0.4, 0.5) is 5.82 Å². The number of hydrogen-bond donors (Lipinski definition) is 2. The van der Waals surface area contributed by atoms with Crippen molar-refractivity contribution < 1.29 is 23.8 Å². The summed E-state index contributed by atoms with van der Waals surface area (Å²) in [5.74, 6) is -2.89. The Balaban J connectivity index is 1.41. The number of para-hydroxylation sites is 1. The second-order valence-corrected chi connectivity index (χ2v) is 12.5. The Morgan fingerprint density at radius 2 is 1.80 bits per heavy atom. The van der Waals surface area contributed by atoms with E-state index in [2.05, 4.69) is 10.3 Å². The van der Waals surface area contributed by atoms with Gasteiger partial charge in [0.1, 0.15) is 27.9 Å². The fraction of sp³-hybridized carbons (Fsp3) is 0.303. The fourth-order valence-corrected chi connectivity index (χ4v) is 7.94. The highest BCUT2D eigenvalue weighted by atomic mass is 35.5. The zero-order chi connectivity index (χ0) is 32.4. The number of halogens is 1. The van der Waals surface area contributed by atoms with Crippen molar-refractivity contribution in [1.82, 2.24) is 14.1 Å². The molecule has 1 spiro atoms. The maximum absolute atomic E-state index is 15.1. The van der Waals surface area contributed by atoms with Crippen molar-refractivity contribution in [2.45, 2.75) is 37.8 Å². The normalized spacial score (nSPS) is 22.5. The largest absolute Gasteiger partial charge is 0.496 e. The molecule has 12 nitrogen and oxygen atoms in total. The Morgan fingerprint density at radius 3 is 2.54 bits per heavy atom. The minimum Gasteiger partial charge on any atom is -0.496 e. The molecule has 2 aromatic heterocycles. The molecular formula is C33H27ClN4O8. The van der Waals surface area contributed by atoms with Crippen LogP contribution in [0.1, 0.15) is 46.3 Å². The molecule has 4 aliphatic rings. The first kappa shape index (κ1) is 28.4. The van der Waals surface area contributed by atoms with Gasteiger partial charge in [0.25, 0.3) is 11.1 Å². The van der Waals surface area contributed by atoms with E-state index in [0.717, 1.165) is 16.5 Å². The van der Waals surface area contributed by atoms with E-state index in [0.29, 0.717) is 18.7 Å². The number of aromatic nitrogens is 3. The lowest BCUT2D eigenvalue weighted by atomic mass is 9.66. The standard InChI is InChI=1S/C33H27ClN4O8/c1-13-10-17-21(27(39)33(13)28(40)22-18(44-3)12-19(45-4)24(34)26(22)46-33)20(23-29(35-17)37(2)32(43)36-30(23)41)16-11-15-7-5-6-14-8-9-38(25(14)15)31(16)42/h5-7,11-13,20,35H,8-10H2,1-4H3,(H,36,41,43)/t13-,20?,33+/m1/s1. The first-order valence-electron chi connectivity index (χ1n) is 14.7. The first-order valence-corrected chi connectivity index (χ1v) is 15.1. The molecule has 8 rings (SSSR count). The van der Waals surface area contributed by atoms with E-state index in [4.69, 9.17) is 25.8 Å². The molecular weight excluding hydrogens is 616 g/mol. The zero-order valence-electron chi connectivity index (χ0n) is 25.2. The van der Waals surface area contributed by atoms with Gasteiger partial charge in [0.15, 0.2) is 5.75 Å². The highest BCUT2D eigenvalue weighted by Crippen LogP contribution is 2.56. The molecule has 1 aliphatic carbocycles. The van der Waals surface area contributed by atoms with Crippen molar-refractivity contribution in [1.29, 1.82) is 0 Å². The predicted molar refractivity (Wildman–Crippen MR) is 168 cm³/mol. The van der Waals surface area contributed by atoms with Gasteiger partial charge in [0.05, 0.1) is 31.2 Å². The van der Waals surface area contributed by atoms with Crippen LogP contribution in [0, 0.1) is 5.92 Å². The van der Waals surface area contributed by atoms with Gasteiger partial charge < -0.3 is 24.1 Å². The maximum Gasteiger partial charge on any atom is 0.329 e. The summed E-state index contributed by atoms with van der Waals surface area (Å²) in [6.07, 6.45) is 0.773. The Morgan fingerprint density at radius 1 is 1.04 bits per heavy atom. The van der Waals surface area contributed by atoms with E-state index in [1.807, 2.05) is 18.2 Å². The summed E-state index contributed by atoms with van der Waals surface area (Å²) in [7, 11) is 4.27. The van der Waals surface area contributed by atoms with Crippen LogP contribution in [-0.2, 0) is 24.8 Å². The van der Waals surface area contributed by atoms with Crippen molar-refractivity contribution in [3.63, 3.8) is 0 Å². The molecule has 0 amide bonds. The number of benzene rings is 2. The van der Waals surface area contributed by atoms with Crippen LogP contribution in [0.15, 0.2) is 56.0 Å². The Hall–Kier alpha value is -5.10. The van der Waals surface area contributed by atoms with Crippen molar-refractivity contribution in [2.24, 2.45) is 13.0 Å². The molecule has 4 aromatic rings. The van der Waals surface area contributed by atoms with Crippen molar-refractivity contribution in [2.75, 3.05) is 19.5 Å². The number of ketones is 2. The summed E-state index contributed by atoms with van der Waals surface area (Å²) < 4.78 is 20.1. The summed E-state index contributed by atoms with van der Waals surface area (Å²) in [4.78, 5) is 72.6. The Kier molecular flexibility index (Phi) is 5.83. The van der Waals surface area contributed by atoms with E-state index in [-0.39, 0.29) is 62.3 Å². The van der Waals surface area contributed by atoms with E-state index in [1.54, 1.807) is 17.6 Å². The molecule has 46 heavy (non-hydrogen) atoms. The fourth-order valence-electron chi connectivity index (χ4n) is 7.67. The zero-order valence-corrected chi connectivity index (χ0v) is 26.0. The molecule has 0 radical (unpaired) electrons. The molecule has 1 unspecified atom stereocenters. The van der Waals surface area contributed by atoms with E-state index in [9.17, 15) is 19.2 Å². The minimum absolute atomic E-state index is 0.00462. The summed E-state index contributed by atoms with van der Waals surface area (Å²) in [5, 5.41) is 3.93. The van der Waals surface area contributed by atoms with Crippen LogP contribution < -0.4 is 36.3 Å². The highest BCUT2D eigenvalue weighted by Gasteiger charge is 2.64. The van der Waals surface area contributed by atoms with Crippen molar-refractivity contribution in [3.8, 4) is 17.2 Å². The molecule has 2 N–H and O–H groups in total. The number of rotatable bonds is 3. The van der Waals surface area contributed by atoms with E-state index < -0.39 is 40.3 Å². The van der Waals surface area contributed by atoms with Crippen LogP contribution in [0.5, 0.6) is 17.2 Å². The number of hydrogen-bond acceptors (Lipinski definition) is 9. The number of nitrogens with one attached hydrogen (secondary N) is 2. The van der Waals surface area contributed by atoms with E-state index in [1.165, 1.54) is 31.9 Å². The van der Waals surface area contributed by atoms with Gasteiger partial charge in [-0.3, -0.25) is 28.7 Å². The van der Waals surface area contributed by atoms with Gasteiger partial charge in [0.2, 0.25) is 17.2 Å². The average Bonchev–Trinajstić information content (AvgIpc) is 3.62. The third-order valence-corrected chi connectivity index (χ3v) is 10.2. The van der Waals surface area contributed by atoms with Gasteiger partial charge >= 0.3 is 5.69 Å². The summed E-state index contributed by atoms with van der Waals surface area (Å²) in [6.45, 7) is 2.14. The van der Waals surface area contributed by atoms with Crippen molar-refractivity contribution >= 4 is 39.9 Å². The Labute approximate surface area is 265 Å². The molecule has 2 aromatic carbocycles. The average molecular weight is 643 g/mol. The number of aryl methyl sites for hydroxylation is 2. The predicted octanol–water partition coefficient (Wildman–Crippen LogP) is 3.05. The molecule has 13 heteroatoms. The van der Waals surface area contributed by atoms with Crippen LogP contribution in [0.2, 0.25) is 5.02 Å². The number of aromatic amines is 1. The molecule has 0 saturated carbocycles. The number of anilines is 1. The summed E-state index contributed by atoms with van der Waals surface area (Å²) >= 11 is 6.63. The molecule has 234 valence electrons. The molecule has 0 bridgehead atoms. The number of carbonyl (C=O) groups is 2. The number of ether oxygens (including phenoxy) is 3. The number of allylic oxidation sites excluding steroid dienone is 1. The topological polar surface area (TPSA) is 151 Å². The minimum atomic E-state index is -2.08. The van der Waals surface area contributed by atoms with Gasteiger partial charge in [-0.1, -0.05) is 36.7 Å². The number of fused-ring (bicyclic) bond motifs is 2. The van der Waals surface area contributed by atoms with Gasteiger partial charge in [-0.15, -0.1) is 0 Å². The molecule has 0 fully saturated rings. The van der Waals surface area contributed by atoms with Gasteiger partial charge in [-0.05, 0) is 29.9 Å².